The molecule has 0 radical (unpaired) electrons. The van der Waals surface area contributed by atoms with Gasteiger partial charge in [0.1, 0.15) is 6.04 Å². The lowest BCUT2D eigenvalue weighted by atomic mass is 10.0. The molecule has 0 aliphatic carbocycles. The summed E-state index contributed by atoms with van der Waals surface area (Å²) < 4.78 is 1.73. The highest BCUT2D eigenvalue weighted by atomic mass is 16.4. The molecule has 1 N–H and O–H groups in total. The molecule has 0 saturated heterocycles. The Labute approximate surface area is 123 Å². The molecule has 2 rings (SSSR count). The first kappa shape index (κ1) is 15.0. The number of carboxylic acid groups (broad SMARTS) is 1. The summed E-state index contributed by atoms with van der Waals surface area (Å²) in [6, 6.07) is 12.1. The van der Waals surface area contributed by atoms with Crippen molar-refractivity contribution >= 4 is 5.97 Å². The fraction of sp³-hybridized carbons (Fsp3) is 0.294. The Balaban J connectivity index is 2.28. The zero-order valence-corrected chi connectivity index (χ0v) is 12.2. The summed E-state index contributed by atoms with van der Waals surface area (Å²) >= 11 is 0. The predicted molar refractivity (Wildman–Crippen MR) is 81.6 cm³/mol. The van der Waals surface area contributed by atoms with E-state index in [1.807, 2.05) is 30.3 Å². The second-order valence-corrected chi connectivity index (χ2v) is 5.22. The standard InChI is InChI=1S/C17H19NO3/c1-12-10-15(19)11-13(2)18(12)16(17(20)21)9-8-14-6-4-3-5-7-14/h3-7,10-11,16H,8-9H2,1-2H3,(H,20,21). The van der Waals surface area contributed by atoms with E-state index >= 15 is 0 Å². The number of aliphatic carboxylic acids is 1. The fourth-order valence-corrected chi connectivity index (χ4v) is 2.67. The Morgan fingerprint density at radius 1 is 1.14 bits per heavy atom. The van der Waals surface area contributed by atoms with Gasteiger partial charge in [-0.05, 0) is 32.3 Å². The lowest BCUT2D eigenvalue weighted by Crippen LogP contribution is -2.25. The molecule has 0 bridgehead atoms. The molecule has 0 aliphatic rings. The van der Waals surface area contributed by atoms with Crippen LogP contribution in [0, 0.1) is 13.8 Å². The van der Waals surface area contributed by atoms with Crippen LogP contribution in [-0.4, -0.2) is 15.6 Å². The molecular weight excluding hydrogens is 266 g/mol. The van der Waals surface area contributed by atoms with Gasteiger partial charge in [0.05, 0.1) is 0 Å². The van der Waals surface area contributed by atoms with E-state index in [2.05, 4.69) is 0 Å². The van der Waals surface area contributed by atoms with Crippen molar-refractivity contribution in [3.63, 3.8) is 0 Å². The highest BCUT2D eigenvalue weighted by molar-refractivity contribution is 5.72. The molecule has 4 nitrogen and oxygen atoms in total. The first-order valence-corrected chi connectivity index (χ1v) is 6.95. The third-order valence-electron chi connectivity index (χ3n) is 3.61. The van der Waals surface area contributed by atoms with Crippen molar-refractivity contribution in [1.29, 1.82) is 0 Å². The highest BCUT2D eigenvalue weighted by Crippen LogP contribution is 2.19. The molecule has 0 aliphatic heterocycles. The molecule has 0 amide bonds. The van der Waals surface area contributed by atoms with Crippen LogP contribution in [0.1, 0.15) is 29.4 Å². The maximum Gasteiger partial charge on any atom is 0.326 e. The minimum absolute atomic E-state index is 0.0894. The highest BCUT2D eigenvalue weighted by Gasteiger charge is 2.21. The van der Waals surface area contributed by atoms with Gasteiger partial charge in [-0.1, -0.05) is 30.3 Å². The first-order valence-electron chi connectivity index (χ1n) is 6.95. The largest absolute Gasteiger partial charge is 0.480 e. The minimum Gasteiger partial charge on any atom is -0.480 e. The topological polar surface area (TPSA) is 59.3 Å². The quantitative estimate of drug-likeness (QED) is 0.919. The fourth-order valence-electron chi connectivity index (χ4n) is 2.67. The molecule has 4 heteroatoms. The number of hydrogen-bond donors (Lipinski definition) is 1. The van der Waals surface area contributed by atoms with Gasteiger partial charge in [-0.25, -0.2) is 4.79 Å². The third-order valence-corrected chi connectivity index (χ3v) is 3.61. The number of aryl methyl sites for hydroxylation is 3. The average molecular weight is 285 g/mol. The summed E-state index contributed by atoms with van der Waals surface area (Å²) in [4.78, 5) is 23.1. The average Bonchev–Trinajstić information content (AvgIpc) is 2.42. The van der Waals surface area contributed by atoms with Gasteiger partial charge in [-0.15, -0.1) is 0 Å². The van der Waals surface area contributed by atoms with Crippen LogP contribution in [0.15, 0.2) is 47.3 Å². The Kier molecular flexibility index (Phi) is 4.58. The number of rotatable bonds is 5. The molecular formula is C17H19NO3. The zero-order valence-electron chi connectivity index (χ0n) is 12.2. The molecule has 0 spiro atoms. The van der Waals surface area contributed by atoms with E-state index in [1.165, 1.54) is 12.1 Å². The summed E-state index contributed by atoms with van der Waals surface area (Å²) in [6.07, 6.45) is 1.17. The van der Waals surface area contributed by atoms with Crippen LogP contribution in [0.3, 0.4) is 0 Å². The van der Waals surface area contributed by atoms with E-state index in [-0.39, 0.29) is 5.43 Å². The molecule has 1 aromatic carbocycles. The van der Waals surface area contributed by atoms with Gasteiger partial charge >= 0.3 is 5.97 Å². The van der Waals surface area contributed by atoms with Crippen LogP contribution < -0.4 is 5.43 Å². The number of pyridine rings is 1. The number of carboxylic acids is 1. The van der Waals surface area contributed by atoms with Crippen LogP contribution in [0.5, 0.6) is 0 Å². The maximum atomic E-state index is 11.6. The maximum absolute atomic E-state index is 11.6. The van der Waals surface area contributed by atoms with Crippen LogP contribution in [0.4, 0.5) is 0 Å². The van der Waals surface area contributed by atoms with E-state index in [9.17, 15) is 14.7 Å². The van der Waals surface area contributed by atoms with Gasteiger partial charge < -0.3 is 9.67 Å². The minimum atomic E-state index is -0.874. The molecule has 1 unspecified atom stereocenters. The van der Waals surface area contributed by atoms with Crippen molar-refractivity contribution in [2.45, 2.75) is 32.7 Å². The summed E-state index contributed by atoms with van der Waals surface area (Å²) in [5, 5.41) is 9.52. The van der Waals surface area contributed by atoms with Gasteiger partial charge in [-0.3, -0.25) is 4.79 Å². The van der Waals surface area contributed by atoms with E-state index in [1.54, 1.807) is 18.4 Å². The van der Waals surface area contributed by atoms with Gasteiger partial charge in [0.25, 0.3) is 0 Å². The number of carbonyl (C=O) groups is 1. The Bertz CT molecular complexity index is 663. The lowest BCUT2D eigenvalue weighted by molar-refractivity contribution is -0.141. The Hall–Kier alpha value is -2.36. The van der Waals surface area contributed by atoms with E-state index < -0.39 is 12.0 Å². The second kappa shape index (κ2) is 6.39. The van der Waals surface area contributed by atoms with Crippen molar-refractivity contribution in [3.05, 3.63) is 69.6 Å². The number of benzene rings is 1. The molecule has 110 valence electrons. The van der Waals surface area contributed by atoms with Gasteiger partial charge in [0, 0.05) is 23.5 Å². The first-order chi connectivity index (χ1) is 9.99. The van der Waals surface area contributed by atoms with Gasteiger partial charge in [0.15, 0.2) is 5.43 Å². The SMILES string of the molecule is Cc1cc(=O)cc(C)n1C(CCc1ccccc1)C(=O)O. The number of hydrogen-bond acceptors (Lipinski definition) is 2. The number of nitrogens with zero attached hydrogens (tertiary/aromatic N) is 1. The van der Waals surface area contributed by atoms with Crippen molar-refractivity contribution in [2.24, 2.45) is 0 Å². The summed E-state index contributed by atoms with van der Waals surface area (Å²) in [7, 11) is 0. The van der Waals surface area contributed by atoms with Crippen LogP contribution in [0.25, 0.3) is 0 Å². The molecule has 2 aromatic rings. The van der Waals surface area contributed by atoms with Crippen molar-refractivity contribution in [1.82, 2.24) is 4.57 Å². The Morgan fingerprint density at radius 2 is 1.71 bits per heavy atom. The van der Waals surface area contributed by atoms with Crippen molar-refractivity contribution in [2.75, 3.05) is 0 Å². The summed E-state index contributed by atoms with van der Waals surface area (Å²) in [6.45, 7) is 3.54. The van der Waals surface area contributed by atoms with Crippen LogP contribution in [0.2, 0.25) is 0 Å². The monoisotopic (exact) mass is 285 g/mol. The lowest BCUT2D eigenvalue weighted by Gasteiger charge is -2.22. The van der Waals surface area contributed by atoms with Crippen LogP contribution >= 0.6 is 0 Å². The summed E-state index contributed by atoms with van der Waals surface area (Å²) in [5.41, 5.74) is 2.38. The van der Waals surface area contributed by atoms with Gasteiger partial charge in [0.2, 0.25) is 0 Å². The molecule has 1 heterocycles. The second-order valence-electron chi connectivity index (χ2n) is 5.22. The normalized spacial score (nSPS) is 12.1. The summed E-state index contributed by atoms with van der Waals surface area (Å²) in [5.74, 6) is -0.874. The smallest absolute Gasteiger partial charge is 0.326 e. The van der Waals surface area contributed by atoms with E-state index in [0.29, 0.717) is 24.2 Å². The number of aromatic nitrogens is 1. The third kappa shape index (κ3) is 3.60. The van der Waals surface area contributed by atoms with E-state index in [4.69, 9.17) is 0 Å². The molecule has 1 atom stereocenters. The molecule has 1 aromatic heterocycles. The zero-order chi connectivity index (χ0) is 15.4. The Morgan fingerprint density at radius 3 is 2.24 bits per heavy atom. The van der Waals surface area contributed by atoms with Gasteiger partial charge in [-0.2, -0.15) is 0 Å². The predicted octanol–water partition coefficient (Wildman–Crippen LogP) is 2.72. The van der Waals surface area contributed by atoms with Crippen molar-refractivity contribution < 1.29 is 9.90 Å². The van der Waals surface area contributed by atoms with E-state index in [0.717, 1.165) is 5.56 Å². The molecule has 0 fully saturated rings. The van der Waals surface area contributed by atoms with Crippen LogP contribution in [-0.2, 0) is 11.2 Å². The van der Waals surface area contributed by atoms with Crippen molar-refractivity contribution in [3.8, 4) is 0 Å². The molecule has 21 heavy (non-hydrogen) atoms. The molecule has 0 saturated carbocycles.